The molecule has 0 saturated carbocycles. The van der Waals surface area contributed by atoms with Crippen LogP contribution in [-0.4, -0.2) is 34.0 Å². The van der Waals surface area contributed by atoms with Gasteiger partial charge in [-0.3, -0.25) is 9.78 Å². The number of aliphatic hydroxyl groups is 1. The standard InChI is InChI=1S/C27H27F3N2O2/c1-17-11-21(13-22(12-17)27(28,29)30)23-7-6-18(14-24(23)26(2,3)34)25(33)32-10-8-20(16-32)19-5-4-9-31-15-19/h4-7,9,11-15,20,34H,8,10,16H2,1-3H3. The van der Waals surface area contributed by atoms with E-state index in [0.29, 0.717) is 40.9 Å². The van der Waals surface area contributed by atoms with Crippen LogP contribution in [0.3, 0.4) is 0 Å². The van der Waals surface area contributed by atoms with Crippen LogP contribution in [0.2, 0.25) is 0 Å². The Morgan fingerprint density at radius 2 is 1.88 bits per heavy atom. The lowest BCUT2D eigenvalue weighted by Gasteiger charge is -2.24. The lowest BCUT2D eigenvalue weighted by molar-refractivity contribution is -0.137. The molecular weight excluding hydrogens is 441 g/mol. The number of aryl methyl sites for hydroxylation is 1. The van der Waals surface area contributed by atoms with Gasteiger partial charge < -0.3 is 10.0 Å². The average Bonchev–Trinajstić information content (AvgIpc) is 3.27. The van der Waals surface area contributed by atoms with Gasteiger partial charge in [-0.05, 0) is 85.3 Å². The fraction of sp³-hybridized carbons (Fsp3) is 0.333. The Morgan fingerprint density at radius 1 is 1.12 bits per heavy atom. The van der Waals surface area contributed by atoms with Gasteiger partial charge in [0.25, 0.3) is 5.91 Å². The molecule has 0 bridgehead atoms. The predicted molar refractivity (Wildman–Crippen MR) is 124 cm³/mol. The van der Waals surface area contributed by atoms with Crippen LogP contribution < -0.4 is 0 Å². The fourth-order valence-corrected chi connectivity index (χ4v) is 4.55. The average molecular weight is 469 g/mol. The number of benzene rings is 2. The van der Waals surface area contributed by atoms with E-state index in [1.54, 1.807) is 56.1 Å². The quantitative estimate of drug-likeness (QED) is 0.516. The van der Waals surface area contributed by atoms with Crippen LogP contribution >= 0.6 is 0 Å². The number of pyridine rings is 1. The summed E-state index contributed by atoms with van der Waals surface area (Å²) in [6.07, 6.45) is -0.118. The number of aromatic nitrogens is 1. The number of hydrogen-bond acceptors (Lipinski definition) is 3. The molecule has 34 heavy (non-hydrogen) atoms. The van der Waals surface area contributed by atoms with Crippen LogP contribution in [0, 0.1) is 6.92 Å². The van der Waals surface area contributed by atoms with Gasteiger partial charge in [0.15, 0.2) is 0 Å². The minimum Gasteiger partial charge on any atom is -0.386 e. The topological polar surface area (TPSA) is 53.4 Å². The summed E-state index contributed by atoms with van der Waals surface area (Å²) in [5.74, 6) is 0.0439. The molecular formula is C27H27F3N2O2. The van der Waals surface area contributed by atoms with Gasteiger partial charge in [0.2, 0.25) is 0 Å². The SMILES string of the molecule is Cc1cc(-c2ccc(C(=O)N3CCC(c4cccnc4)C3)cc2C(C)(C)O)cc(C(F)(F)F)c1. The lowest BCUT2D eigenvalue weighted by Crippen LogP contribution is -2.29. The Hall–Kier alpha value is -3.19. The minimum absolute atomic E-state index is 0.163. The summed E-state index contributed by atoms with van der Waals surface area (Å²) < 4.78 is 40.2. The Bertz CT molecular complexity index is 1200. The van der Waals surface area contributed by atoms with Crippen molar-refractivity contribution < 1.29 is 23.1 Å². The molecule has 3 aromatic rings. The number of rotatable bonds is 4. The van der Waals surface area contributed by atoms with Crippen molar-refractivity contribution in [2.45, 2.75) is 44.9 Å². The third-order valence-electron chi connectivity index (χ3n) is 6.27. The normalized spacial score (nSPS) is 16.7. The summed E-state index contributed by atoms with van der Waals surface area (Å²) in [7, 11) is 0. The van der Waals surface area contributed by atoms with Gasteiger partial charge in [0, 0.05) is 37.0 Å². The largest absolute Gasteiger partial charge is 0.416 e. The van der Waals surface area contributed by atoms with E-state index in [9.17, 15) is 23.1 Å². The van der Waals surface area contributed by atoms with Gasteiger partial charge in [-0.25, -0.2) is 0 Å². The molecule has 0 spiro atoms. The number of nitrogens with zero attached hydrogens (tertiary/aromatic N) is 2. The number of carbonyl (C=O) groups excluding carboxylic acids is 1. The monoisotopic (exact) mass is 468 g/mol. The molecule has 4 nitrogen and oxygen atoms in total. The molecule has 1 fully saturated rings. The van der Waals surface area contributed by atoms with Gasteiger partial charge in [0.1, 0.15) is 0 Å². The molecule has 7 heteroatoms. The molecule has 1 amide bonds. The Balaban J connectivity index is 1.67. The summed E-state index contributed by atoms with van der Waals surface area (Å²) in [5, 5.41) is 10.8. The molecule has 1 aromatic heterocycles. The highest BCUT2D eigenvalue weighted by Gasteiger charge is 2.32. The summed E-state index contributed by atoms with van der Waals surface area (Å²) in [6.45, 7) is 5.90. The molecule has 1 aliphatic rings. The molecule has 1 aliphatic heterocycles. The van der Waals surface area contributed by atoms with Crippen LogP contribution in [0.1, 0.15) is 58.8 Å². The Morgan fingerprint density at radius 3 is 2.53 bits per heavy atom. The number of carbonyl (C=O) groups is 1. The zero-order valence-corrected chi connectivity index (χ0v) is 19.4. The Kier molecular flexibility index (Phi) is 6.25. The molecule has 0 aliphatic carbocycles. The summed E-state index contributed by atoms with van der Waals surface area (Å²) in [6, 6.07) is 12.6. The highest BCUT2D eigenvalue weighted by molar-refractivity contribution is 5.95. The highest BCUT2D eigenvalue weighted by Crippen LogP contribution is 2.38. The maximum Gasteiger partial charge on any atom is 0.416 e. The van der Waals surface area contributed by atoms with E-state index in [-0.39, 0.29) is 11.8 Å². The van der Waals surface area contributed by atoms with Crippen molar-refractivity contribution >= 4 is 5.91 Å². The van der Waals surface area contributed by atoms with E-state index >= 15 is 0 Å². The second kappa shape index (κ2) is 8.87. The van der Waals surface area contributed by atoms with Gasteiger partial charge in [-0.1, -0.05) is 18.2 Å². The number of amides is 1. The van der Waals surface area contributed by atoms with Gasteiger partial charge in [-0.15, -0.1) is 0 Å². The molecule has 178 valence electrons. The van der Waals surface area contributed by atoms with Crippen molar-refractivity contribution in [3.63, 3.8) is 0 Å². The van der Waals surface area contributed by atoms with Crippen molar-refractivity contribution in [1.29, 1.82) is 0 Å². The summed E-state index contributed by atoms with van der Waals surface area (Å²) in [5.41, 5.74) is 1.06. The number of hydrogen-bond donors (Lipinski definition) is 1. The Labute approximate surface area is 197 Å². The van der Waals surface area contributed by atoms with Gasteiger partial charge in [0.05, 0.1) is 11.2 Å². The summed E-state index contributed by atoms with van der Waals surface area (Å²) in [4.78, 5) is 19.2. The molecule has 1 atom stereocenters. The first-order chi connectivity index (χ1) is 15.9. The number of halogens is 3. The smallest absolute Gasteiger partial charge is 0.386 e. The first-order valence-corrected chi connectivity index (χ1v) is 11.2. The zero-order chi connectivity index (χ0) is 24.7. The first-order valence-electron chi connectivity index (χ1n) is 11.2. The summed E-state index contributed by atoms with van der Waals surface area (Å²) >= 11 is 0. The van der Waals surface area contributed by atoms with E-state index in [2.05, 4.69) is 4.98 Å². The molecule has 1 unspecified atom stereocenters. The fourth-order valence-electron chi connectivity index (χ4n) is 4.55. The molecule has 1 N–H and O–H groups in total. The second-order valence-electron chi connectivity index (χ2n) is 9.43. The van der Waals surface area contributed by atoms with Crippen molar-refractivity contribution in [3.8, 4) is 11.1 Å². The molecule has 1 saturated heterocycles. The predicted octanol–water partition coefficient (Wildman–Crippen LogP) is 5.93. The van der Waals surface area contributed by atoms with Crippen molar-refractivity contribution in [1.82, 2.24) is 9.88 Å². The third-order valence-corrected chi connectivity index (χ3v) is 6.27. The first kappa shape index (κ1) is 24.0. The van der Waals surface area contributed by atoms with Crippen LogP contribution in [-0.2, 0) is 11.8 Å². The van der Waals surface area contributed by atoms with Crippen LogP contribution in [0.5, 0.6) is 0 Å². The lowest BCUT2D eigenvalue weighted by atomic mass is 9.87. The maximum atomic E-state index is 13.4. The van der Waals surface area contributed by atoms with Gasteiger partial charge in [-0.2, -0.15) is 13.2 Å². The van der Waals surface area contributed by atoms with Crippen molar-refractivity contribution in [3.05, 3.63) is 88.7 Å². The molecule has 4 rings (SSSR count). The van der Waals surface area contributed by atoms with Crippen molar-refractivity contribution in [2.75, 3.05) is 13.1 Å². The van der Waals surface area contributed by atoms with Crippen LogP contribution in [0.25, 0.3) is 11.1 Å². The number of likely N-dealkylation sites (tertiary alicyclic amines) is 1. The molecule has 2 heterocycles. The zero-order valence-electron chi connectivity index (χ0n) is 19.4. The van der Waals surface area contributed by atoms with Crippen LogP contribution in [0.4, 0.5) is 13.2 Å². The van der Waals surface area contributed by atoms with Crippen molar-refractivity contribution in [2.24, 2.45) is 0 Å². The van der Waals surface area contributed by atoms with E-state index in [4.69, 9.17) is 0 Å². The molecule has 2 aromatic carbocycles. The molecule has 0 radical (unpaired) electrons. The van der Waals surface area contributed by atoms with Gasteiger partial charge >= 0.3 is 6.18 Å². The minimum atomic E-state index is -4.48. The third kappa shape index (κ3) is 4.99. The van der Waals surface area contributed by atoms with E-state index in [0.717, 1.165) is 24.1 Å². The van der Waals surface area contributed by atoms with E-state index in [1.165, 1.54) is 0 Å². The highest BCUT2D eigenvalue weighted by atomic mass is 19.4. The number of alkyl halides is 3. The maximum absolute atomic E-state index is 13.4. The van der Waals surface area contributed by atoms with E-state index in [1.807, 2.05) is 18.3 Å². The second-order valence-corrected chi connectivity index (χ2v) is 9.43. The van der Waals surface area contributed by atoms with Crippen LogP contribution in [0.15, 0.2) is 60.9 Å². The van der Waals surface area contributed by atoms with E-state index < -0.39 is 17.3 Å².